The summed E-state index contributed by atoms with van der Waals surface area (Å²) >= 11 is 0. The number of benzene rings is 1. The maximum atomic E-state index is 13.1. The molecule has 1 aromatic rings. The molecule has 14 heteroatoms. The Hall–Kier alpha value is -4.05. The Morgan fingerprint density at radius 3 is 2.50 bits per heavy atom. The lowest BCUT2D eigenvalue weighted by Gasteiger charge is -2.44. The highest BCUT2D eigenvalue weighted by atomic mass is 16.8. The predicted molar refractivity (Wildman–Crippen MR) is 146 cm³/mol. The Balaban J connectivity index is 1.39. The molecule has 0 aromatic heterocycles. The van der Waals surface area contributed by atoms with Gasteiger partial charge in [-0.25, -0.2) is 14.4 Å². The fourth-order valence-electron chi connectivity index (χ4n) is 5.59. The molecule has 1 fully saturated rings. The van der Waals surface area contributed by atoms with Gasteiger partial charge in [-0.15, -0.1) is 0 Å². The number of esters is 3. The molecule has 0 saturated carbocycles. The molecule has 0 unspecified atom stereocenters. The van der Waals surface area contributed by atoms with Crippen molar-refractivity contribution in [3.8, 4) is 5.75 Å². The summed E-state index contributed by atoms with van der Waals surface area (Å²) in [5.74, 6) is -3.97. The normalized spacial score (nSPS) is 35.0. The molecule has 236 valence electrons. The lowest BCUT2D eigenvalue weighted by Crippen LogP contribution is -2.60. The molecule has 14 nitrogen and oxygen atoms in total. The molecule has 44 heavy (non-hydrogen) atoms. The van der Waals surface area contributed by atoms with E-state index in [9.17, 15) is 39.9 Å². The molecule has 0 bridgehead atoms. The zero-order chi connectivity index (χ0) is 31.8. The topological polar surface area (TPSA) is 208 Å². The van der Waals surface area contributed by atoms with Crippen LogP contribution in [-0.4, -0.2) is 106 Å². The second kappa shape index (κ2) is 12.5. The largest absolute Gasteiger partial charge is 0.508 e. The number of phenols is 1. The van der Waals surface area contributed by atoms with E-state index in [-0.39, 0.29) is 16.9 Å². The first kappa shape index (κ1) is 31.4. The van der Waals surface area contributed by atoms with Crippen LogP contribution in [0.4, 0.5) is 0 Å². The average Bonchev–Trinajstić information content (AvgIpc) is 3.56. The maximum absolute atomic E-state index is 13.1. The van der Waals surface area contributed by atoms with Gasteiger partial charge in [-0.1, -0.05) is 18.2 Å². The Kier molecular flexibility index (Phi) is 8.92. The summed E-state index contributed by atoms with van der Waals surface area (Å²) in [6, 6.07) is 6.11. The molecule has 1 saturated heterocycles. The zero-order valence-electron chi connectivity index (χ0n) is 23.6. The summed E-state index contributed by atoms with van der Waals surface area (Å²) in [6.45, 7) is 0.790. The van der Waals surface area contributed by atoms with Crippen molar-refractivity contribution in [3.05, 3.63) is 71.5 Å². The number of carbonyl (C=O) groups excluding carboxylic acids is 3. The van der Waals surface area contributed by atoms with E-state index in [1.165, 1.54) is 44.4 Å². The number of rotatable bonds is 8. The number of methoxy groups -OCH3 is 1. The van der Waals surface area contributed by atoms with E-state index in [4.69, 9.17) is 28.4 Å². The number of allylic oxidation sites excluding steroid dienone is 1. The molecule has 0 amide bonds. The Bertz CT molecular complexity index is 1390. The summed E-state index contributed by atoms with van der Waals surface area (Å²) in [6.07, 6.45) is -2.06. The fraction of sp³-hybridized carbons (Fsp3) is 0.433. The fourth-order valence-corrected chi connectivity index (χ4v) is 5.59. The Morgan fingerprint density at radius 1 is 1.09 bits per heavy atom. The van der Waals surface area contributed by atoms with Crippen molar-refractivity contribution in [1.82, 2.24) is 0 Å². The molecule has 1 spiro atoms. The monoisotopic (exact) mass is 616 g/mol. The van der Waals surface area contributed by atoms with E-state index in [1.54, 1.807) is 18.2 Å². The van der Waals surface area contributed by atoms with Gasteiger partial charge in [0.15, 0.2) is 11.9 Å². The number of carbonyl (C=O) groups is 3. The van der Waals surface area contributed by atoms with Crippen LogP contribution in [0.2, 0.25) is 0 Å². The predicted octanol–water partition coefficient (Wildman–Crippen LogP) is -0.409. The van der Waals surface area contributed by atoms with Gasteiger partial charge in [-0.05, 0) is 42.8 Å². The average molecular weight is 617 g/mol. The van der Waals surface area contributed by atoms with Gasteiger partial charge in [-0.3, -0.25) is 0 Å². The maximum Gasteiger partial charge on any atom is 0.338 e. The second-order valence-corrected chi connectivity index (χ2v) is 10.7. The van der Waals surface area contributed by atoms with Crippen molar-refractivity contribution < 1.29 is 68.3 Å². The Labute approximate surface area is 251 Å². The summed E-state index contributed by atoms with van der Waals surface area (Å²) in [5.41, 5.74) is -0.852. The summed E-state index contributed by atoms with van der Waals surface area (Å²) in [4.78, 5) is 38.2. The molecular formula is C30H32O14. The van der Waals surface area contributed by atoms with Crippen LogP contribution in [-0.2, 0) is 42.8 Å². The third-order valence-electron chi connectivity index (χ3n) is 7.91. The van der Waals surface area contributed by atoms with Gasteiger partial charge in [0.25, 0.3) is 0 Å². The van der Waals surface area contributed by atoms with Crippen molar-refractivity contribution >= 4 is 24.0 Å². The first-order chi connectivity index (χ1) is 21.0. The van der Waals surface area contributed by atoms with Crippen LogP contribution in [0.5, 0.6) is 5.75 Å². The van der Waals surface area contributed by atoms with Crippen LogP contribution >= 0.6 is 0 Å². The third-order valence-corrected chi connectivity index (χ3v) is 7.91. The van der Waals surface area contributed by atoms with E-state index in [1.807, 2.05) is 0 Å². The number of hydrogen-bond acceptors (Lipinski definition) is 14. The van der Waals surface area contributed by atoms with Gasteiger partial charge in [0.2, 0.25) is 6.29 Å². The van der Waals surface area contributed by atoms with E-state index in [2.05, 4.69) is 0 Å². The zero-order valence-corrected chi connectivity index (χ0v) is 23.6. The molecule has 3 heterocycles. The molecule has 3 aliphatic heterocycles. The lowest BCUT2D eigenvalue weighted by atomic mass is 9.78. The number of aromatic hydroxyl groups is 1. The number of hydrogen-bond donors (Lipinski definition) is 5. The summed E-state index contributed by atoms with van der Waals surface area (Å²) in [5, 5.41) is 49.8. The molecule has 1 aliphatic carbocycles. The van der Waals surface area contributed by atoms with E-state index >= 15 is 0 Å². The first-order valence-corrected chi connectivity index (χ1v) is 13.7. The third kappa shape index (κ3) is 5.87. The quantitative estimate of drug-likeness (QED) is 0.109. The van der Waals surface area contributed by atoms with Crippen molar-refractivity contribution in [1.29, 1.82) is 0 Å². The minimum absolute atomic E-state index is 0.00226. The molecule has 5 rings (SSSR count). The van der Waals surface area contributed by atoms with Gasteiger partial charge in [-0.2, -0.15) is 0 Å². The minimum atomic E-state index is -1.75. The van der Waals surface area contributed by atoms with E-state index in [0.29, 0.717) is 5.56 Å². The lowest BCUT2D eigenvalue weighted by molar-refractivity contribution is -0.344. The van der Waals surface area contributed by atoms with Gasteiger partial charge in [0, 0.05) is 12.0 Å². The second-order valence-electron chi connectivity index (χ2n) is 10.7. The van der Waals surface area contributed by atoms with Crippen LogP contribution in [0.15, 0.2) is 66.0 Å². The van der Waals surface area contributed by atoms with Crippen LogP contribution in [0.25, 0.3) is 6.08 Å². The standard InChI is InChI=1S/C30H32O14/c1-14(41-21(33)8-5-15-3-6-16(32)7-4-15)18-11-30(44-27(18)38)10-9-17-19(26(37)39-2)13-40-28(22(17)30)43-29-25(36)24(35)23(34)20(12-31)42-29/h3-11,13-14,17,20,22-25,28-29,31-32,34-36H,12H2,1-2H3/t14-,17-,20+,22+,23+,24-,25+,28-,29+,30-/m0/s1. The number of aliphatic hydroxyl groups is 4. The van der Waals surface area contributed by atoms with E-state index in [0.717, 1.165) is 12.3 Å². The highest BCUT2D eigenvalue weighted by molar-refractivity contribution is 5.95. The Morgan fingerprint density at radius 2 is 1.82 bits per heavy atom. The van der Waals surface area contributed by atoms with Crippen LogP contribution in [0.3, 0.4) is 0 Å². The van der Waals surface area contributed by atoms with Gasteiger partial charge in [0.1, 0.15) is 36.3 Å². The SMILES string of the molecule is COC(=O)C1=CO[C@@H](O[C@H]2O[C@H](CO)[C@@H](O)[C@H](O)[C@H]2O)[C@H]2[C@H]1C=C[C@]21C=C([C@H](C)OC(=O)C=Cc2ccc(O)cc2)C(=O)O1. The van der Waals surface area contributed by atoms with Gasteiger partial charge < -0.3 is 54.0 Å². The van der Waals surface area contributed by atoms with Gasteiger partial charge >= 0.3 is 17.9 Å². The molecule has 4 aliphatic rings. The first-order valence-electron chi connectivity index (χ1n) is 13.7. The highest BCUT2D eigenvalue weighted by Gasteiger charge is 2.60. The van der Waals surface area contributed by atoms with Gasteiger partial charge in [0.05, 0.1) is 37.0 Å². The minimum Gasteiger partial charge on any atom is -0.508 e. The van der Waals surface area contributed by atoms with Crippen LogP contribution in [0.1, 0.15) is 12.5 Å². The number of aliphatic hydroxyl groups excluding tert-OH is 4. The summed E-state index contributed by atoms with van der Waals surface area (Å²) < 4.78 is 33.2. The molecule has 0 radical (unpaired) electrons. The number of fused-ring (bicyclic) bond motifs is 2. The van der Waals surface area contributed by atoms with Crippen molar-refractivity contribution in [3.63, 3.8) is 0 Å². The van der Waals surface area contributed by atoms with Crippen molar-refractivity contribution in [2.75, 3.05) is 13.7 Å². The highest BCUT2D eigenvalue weighted by Crippen LogP contribution is 2.51. The molecule has 10 atom stereocenters. The molecule has 1 aromatic carbocycles. The van der Waals surface area contributed by atoms with E-state index < -0.39 is 85.1 Å². The molecule has 5 N–H and O–H groups in total. The van der Waals surface area contributed by atoms with Crippen LogP contribution < -0.4 is 0 Å². The summed E-state index contributed by atoms with van der Waals surface area (Å²) in [7, 11) is 1.18. The number of phenolic OH excluding ortho intramolecular Hbond substituents is 1. The number of ether oxygens (including phenoxy) is 6. The van der Waals surface area contributed by atoms with Crippen LogP contribution in [0, 0.1) is 11.8 Å². The van der Waals surface area contributed by atoms with Crippen molar-refractivity contribution in [2.24, 2.45) is 11.8 Å². The molecular weight excluding hydrogens is 584 g/mol. The van der Waals surface area contributed by atoms with Crippen molar-refractivity contribution in [2.45, 2.75) is 55.6 Å². The smallest absolute Gasteiger partial charge is 0.338 e.